The second-order valence-corrected chi connectivity index (χ2v) is 5.35. The van der Waals surface area contributed by atoms with Gasteiger partial charge in [0.15, 0.2) is 0 Å². The number of benzene rings is 1. The average Bonchev–Trinajstić information content (AvgIpc) is 2.86. The van der Waals surface area contributed by atoms with E-state index >= 15 is 0 Å². The number of amides is 1. The zero-order valence-electron chi connectivity index (χ0n) is 11.1. The minimum Gasteiger partial charge on any atom is -0.394 e. The maximum Gasteiger partial charge on any atom is 0.223 e. The number of carbonyl (C=O) groups is 1. The molecule has 3 unspecified atom stereocenters. The Hall–Kier alpha value is -1.39. The van der Waals surface area contributed by atoms with Crippen LogP contribution in [0.1, 0.15) is 24.8 Å². The van der Waals surface area contributed by atoms with E-state index in [0.29, 0.717) is 6.42 Å². The van der Waals surface area contributed by atoms with Crippen molar-refractivity contribution < 1.29 is 9.90 Å². The predicted octanol–water partition coefficient (Wildman–Crippen LogP) is 0.834. The summed E-state index contributed by atoms with van der Waals surface area (Å²) in [5.74, 6) is 0.0442. The summed E-state index contributed by atoms with van der Waals surface area (Å²) < 4.78 is 0. The molecule has 1 aliphatic rings. The molecule has 4 N–H and O–H groups in total. The van der Waals surface area contributed by atoms with Gasteiger partial charge in [-0.1, -0.05) is 30.3 Å². The first-order chi connectivity index (χ1) is 9.19. The number of aliphatic hydroxyl groups is 1. The van der Waals surface area contributed by atoms with E-state index in [4.69, 9.17) is 5.73 Å². The summed E-state index contributed by atoms with van der Waals surface area (Å²) in [7, 11) is 0. The highest BCUT2D eigenvalue weighted by molar-refractivity contribution is 5.79. The zero-order chi connectivity index (χ0) is 13.7. The van der Waals surface area contributed by atoms with Crippen LogP contribution in [0.25, 0.3) is 0 Å². The molecule has 4 nitrogen and oxygen atoms in total. The minimum absolute atomic E-state index is 0.0137. The Morgan fingerprint density at radius 2 is 2.11 bits per heavy atom. The molecule has 3 atom stereocenters. The SMILES string of the molecule is NC1CCC(C(=O)NC(CO)Cc2ccccc2)C1. The molecular weight excluding hydrogens is 240 g/mol. The second-order valence-electron chi connectivity index (χ2n) is 5.35. The number of aliphatic hydroxyl groups excluding tert-OH is 1. The van der Waals surface area contributed by atoms with E-state index in [1.165, 1.54) is 0 Å². The molecule has 1 aromatic rings. The number of nitrogens with two attached hydrogens (primary N) is 1. The Morgan fingerprint density at radius 1 is 1.37 bits per heavy atom. The first-order valence-electron chi connectivity index (χ1n) is 6.89. The lowest BCUT2D eigenvalue weighted by Crippen LogP contribution is -2.42. The smallest absolute Gasteiger partial charge is 0.223 e. The van der Waals surface area contributed by atoms with Crippen LogP contribution in [0.2, 0.25) is 0 Å². The van der Waals surface area contributed by atoms with Crippen LogP contribution in [0.4, 0.5) is 0 Å². The molecule has 1 aromatic carbocycles. The van der Waals surface area contributed by atoms with E-state index in [9.17, 15) is 9.90 Å². The molecule has 2 rings (SSSR count). The van der Waals surface area contributed by atoms with Gasteiger partial charge in [0.2, 0.25) is 5.91 Å². The van der Waals surface area contributed by atoms with Gasteiger partial charge in [-0.2, -0.15) is 0 Å². The van der Waals surface area contributed by atoms with E-state index in [2.05, 4.69) is 5.32 Å². The molecule has 0 radical (unpaired) electrons. The maximum atomic E-state index is 12.1. The van der Waals surface area contributed by atoms with Crippen LogP contribution in [0.3, 0.4) is 0 Å². The maximum absolute atomic E-state index is 12.1. The van der Waals surface area contributed by atoms with Crippen molar-refractivity contribution in [1.82, 2.24) is 5.32 Å². The van der Waals surface area contributed by atoms with Gasteiger partial charge >= 0.3 is 0 Å². The molecule has 1 fully saturated rings. The van der Waals surface area contributed by atoms with Crippen molar-refractivity contribution >= 4 is 5.91 Å². The van der Waals surface area contributed by atoms with Crippen molar-refractivity contribution in [2.24, 2.45) is 11.7 Å². The molecule has 0 heterocycles. The molecular formula is C15H22N2O2. The molecule has 0 bridgehead atoms. The van der Waals surface area contributed by atoms with Crippen molar-refractivity contribution in [3.05, 3.63) is 35.9 Å². The largest absolute Gasteiger partial charge is 0.394 e. The van der Waals surface area contributed by atoms with Crippen molar-refractivity contribution in [3.8, 4) is 0 Å². The van der Waals surface area contributed by atoms with Gasteiger partial charge in [-0.05, 0) is 31.2 Å². The highest BCUT2D eigenvalue weighted by Crippen LogP contribution is 2.24. The van der Waals surface area contributed by atoms with Crippen molar-refractivity contribution in [2.75, 3.05) is 6.61 Å². The monoisotopic (exact) mass is 262 g/mol. The van der Waals surface area contributed by atoms with E-state index in [0.717, 1.165) is 24.8 Å². The van der Waals surface area contributed by atoms with Crippen molar-refractivity contribution in [2.45, 2.75) is 37.8 Å². The predicted molar refractivity (Wildman–Crippen MR) is 74.5 cm³/mol. The molecule has 0 aliphatic heterocycles. The second kappa shape index (κ2) is 6.68. The van der Waals surface area contributed by atoms with Crippen LogP contribution >= 0.6 is 0 Å². The normalized spacial score (nSPS) is 24.1. The van der Waals surface area contributed by atoms with Crippen molar-refractivity contribution in [3.63, 3.8) is 0 Å². The van der Waals surface area contributed by atoms with Gasteiger partial charge in [0, 0.05) is 12.0 Å². The molecule has 1 aliphatic carbocycles. The summed E-state index contributed by atoms with van der Waals surface area (Å²) >= 11 is 0. The lowest BCUT2D eigenvalue weighted by Gasteiger charge is -2.19. The van der Waals surface area contributed by atoms with Gasteiger partial charge in [-0.3, -0.25) is 4.79 Å². The van der Waals surface area contributed by atoms with Crippen LogP contribution in [0.15, 0.2) is 30.3 Å². The Balaban J connectivity index is 1.87. The molecule has 0 spiro atoms. The van der Waals surface area contributed by atoms with Crippen LogP contribution in [0.5, 0.6) is 0 Å². The fourth-order valence-electron chi connectivity index (χ4n) is 2.63. The van der Waals surface area contributed by atoms with Gasteiger partial charge in [-0.15, -0.1) is 0 Å². The van der Waals surface area contributed by atoms with Crippen LogP contribution in [-0.2, 0) is 11.2 Å². The Bertz CT molecular complexity index is 408. The minimum atomic E-state index is -0.216. The Labute approximate surface area is 114 Å². The molecule has 1 amide bonds. The molecule has 0 aromatic heterocycles. The van der Waals surface area contributed by atoms with E-state index in [1.807, 2.05) is 30.3 Å². The number of hydrogen-bond donors (Lipinski definition) is 3. The summed E-state index contributed by atoms with van der Waals surface area (Å²) in [6.45, 7) is -0.0423. The molecule has 104 valence electrons. The third kappa shape index (κ3) is 4.04. The Morgan fingerprint density at radius 3 is 2.68 bits per heavy atom. The number of nitrogens with one attached hydrogen (secondary N) is 1. The van der Waals surface area contributed by atoms with Crippen LogP contribution < -0.4 is 11.1 Å². The highest BCUT2D eigenvalue weighted by atomic mass is 16.3. The topological polar surface area (TPSA) is 75.4 Å². The van der Waals surface area contributed by atoms with E-state index in [1.54, 1.807) is 0 Å². The molecule has 4 heteroatoms. The quantitative estimate of drug-likeness (QED) is 0.736. The highest BCUT2D eigenvalue weighted by Gasteiger charge is 2.28. The third-order valence-corrected chi connectivity index (χ3v) is 3.74. The third-order valence-electron chi connectivity index (χ3n) is 3.74. The number of rotatable bonds is 5. The summed E-state index contributed by atoms with van der Waals surface area (Å²) in [4.78, 5) is 12.1. The standard InChI is InChI=1S/C15H22N2O2/c16-13-7-6-12(9-13)15(19)17-14(10-18)8-11-4-2-1-3-5-11/h1-5,12-14,18H,6-10,16H2,(H,17,19). The van der Waals surface area contributed by atoms with Crippen LogP contribution in [0, 0.1) is 5.92 Å². The Kier molecular flexibility index (Phi) is 4.93. The number of carbonyl (C=O) groups excluding carboxylic acids is 1. The summed E-state index contributed by atoms with van der Waals surface area (Å²) in [6, 6.07) is 9.81. The van der Waals surface area contributed by atoms with Crippen molar-refractivity contribution in [1.29, 1.82) is 0 Å². The van der Waals surface area contributed by atoms with Gasteiger partial charge in [0.1, 0.15) is 0 Å². The van der Waals surface area contributed by atoms with E-state index in [-0.39, 0.29) is 30.5 Å². The summed E-state index contributed by atoms with van der Waals surface area (Å²) in [5, 5.41) is 12.3. The van der Waals surface area contributed by atoms with Gasteiger partial charge in [0.25, 0.3) is 0 Å². The molecule has 0 saturated heterocycles. The summed E-state index contributed by atoms with van der Waals surface area (Å²) in [5.41, 5.74) is 6.94. The number of hydrogen-bond acceptors (Lipinski definition) is 3. The van der Waals surface area contributed by atoms with Gasteiger partial charge in [-0.25, -0.2) is 0 Å². The average molecular weight is 262 g/mol. The van der Waals surface area contributed by atoms with Gasteiger partial charge < -0.3 is 16.2 Å². The fraction of sp³-hybridized carbons (Fsp3) is 0.533. The first-order valence-corrected chi connectivity index (χ1v) is 6.89. The van der Waals surface area contributed by atoms with Gasteiger partial charge in [0.05, 0.1) is 12.6 Å². The molecule has 1 saturated carbocycles. The summed E-state index contributed by atoms with van der Waals surface area (Å²) in [6.07, 6.45) is 3.19. The van der Waals surface area contributed by atoms with Crippen LogP contribution in [-0.4, -0.2) is 29.7 Å². The van der Waals surface area contributed by atoms with E-state index < -0.39 is 0 Å². The lowest BCUT2D eigenvalue weighted by molar-refractivity contribution is -0.125. The molecule has 19 heavy (non-hydrogen) atoms. The zero-order valence-corrected chi connectivity index (χ0v) is 11.1. The first kappa shape index (κ1) is 14.0. The fourth-order valence-corrected chi connectivity index (χ4v) is 2.63. The lowest BCUT2D eigenvalue weighted by atomic mass is 10.0.